The van der Waals surface area contributed by atoms with Crippen LogP contribution in [0.25, 0.3) is 11.0 Å². The Morgan fingerprint density at radius 2 is 1.47 bits per heavy atom. The van der Waals surface area contributed by atoms with E-state index in [0.717, 1.165) is 47.7 Å². The molecule has 4 rings (SSSR count). The van der Waals surface area contributed by atoms with Gasteiger partial charge in [0.2, 0.25) is 5.75 Å². The Morgan fingerprint density at radius 3 is 2.16 bits per heavy atom. The molecule has 200 valence electrons. The van der Waals surface area contributed by atoms with Crippen molar-refractivity contribution in [1.29, 1.82) is 0 Å². The third-order valence-electron chi connectivity index (χ3n) is 6.17. The van der Waals surface area contributed by atoms with Crippen LogP contribution < -0.4 is 29.0 Å². The van der Waals surface area contributed by atoms with E-state index in [4.69, 9.17) is 28.7 Å². The lowest BCUT2D eigenvalue weighted by molar-refractivity contribution is 0.0948. The number of para-hydroxylation sites is 4. The van der Waals surface area contributed by atoms with Crippen molar-refractivity contribution in [3.8, 4) is 28.7 Å². The summed E-state index contributed by atoms with van der Waals surface area (Å²) >= 11 is 0. The predicted octanol–water partition coefficient (Wildman–Crippen LogP) is 4.86. The lowest BCUT2D eigenvalue weighted by atomic mass is 10.1. The minimum absolute atomic E-state index is 0.266. The quantitative estimate of drug-likeness (QED) is 0.252. The largest absolute Gasteiger partial charge is 0.493 e. The summed E-state index contributed by atoms with van der Waals surface area (Å²) < 4.78 is 29.5. The lowest BCUT2D eigenvalue weighted by Gasteiger charge is -2.14. The first-order valence-electron chi connectivity index (χ1n) is 12.4. The van der Waals surface area contributed by atoms with Gasteiger partial charge in [-0.15, -0.1) is 0 Å². The summed E-state index contributed by atoms with van der Waals surface area (Å²) in [7, 11) is 6.19. The molecule has 1 aromatic heterocycles. The van der Waals surface area contributed by atoms with Crippen molar-refractivity contribution in [2.24, 2.45) is 0 Å². The van der Waals surface area contributed by atoms with E-state index in [1.165, 1.54) is 21.3 Å². The van der Waals surface area contributed by atoms with Gasteiger partial charge < -0.3 is 33.6 Å². The van der Waals surface area contributed by atoms with Gasteiger partial charge in [-0.05, 0) is 49.2 Å². The number of benzene rings is 3. The van der Waals surface area contributed by atoms with Crippen molar-refractivity contribution in [3.63, 3.8) is 0 Å². The fraction of sp³-hybridized carbons (Fsp3) is 0.310. The Morgan fingerprint density at radius 1 is 0.816 bits per heavy atom. The van der Waals surface area contributed by atoms with Gasteiger partial charge in [0.1, 0.15) is 5.82 Å². The molecule has 0 aliphatic rings. The number of hydrogen-bond acceptors (Lipinski definition) is 7. The number of amides is 1. The van der Waals surface area contributed by atoms with Gasteiger partial charge in [0.15, 0.2) is 23.0 Å². The average Bonchev–Trinajstić information content (AvgIpc) is 3.32. The van der Waals surface area contributed by atoms with E-state index in [9.17, 15) is 4.79 Å². The highest BCUT2D eigenvalue weighted by Gasteiger charge is 2.18. The second-order valence-electron chi connectivity index (χ2n) is 8.47. The molecule has 0 spiro atoms. The molecule has 1 heterocycles. The molecule has 3 aromatic carbocycles. The van der Waals surface area contributed by atoms with Crippen molar-refractivity contribution in [3.05, 3.63) is 72.1 Å². The molecule has 1 N–H and O–H groups in total. The zero-order chi connectivity index (χ0) is 26.9. The molecule has 0 fully saturated rings. The number of unbranched alkanes of at least 4 members (excludes halogenated alkanes) is 1. The normalized spacial score (nSPS) is 10.7. The fourth-order valence-electron chi connectivity index (χ4n) is 4.28. The molecule has 0 unspecified atom stereocenters. The molecule has 0 bridgehead atoms. The number of aryl methyl sites for hydroxylation is 1. The maximum absolute atomic E-state index is 13.0. The van der Waals surface area contributed by atoms with E-state index < -0.39 is 0 Å². The second-order valence-corrected chi connectivity index (χ2v) is 8.47. The first kappa shape index (κ1) is 26.7. The summed E-state index contributed by atoms with van der Waals surface area (Å²) in [5, 5.41) is 2.98. The number of carbonyl (C=O) groups is 1. The number of nitrogens with zero attached hydrogens (tertiary/aromatic N) is 2. The molecule has 0 aliphatic heterocycles. The Balaban J connectivity index is 1.42. The van der Waals surface area contributed by atoms with Gasteiger partial charge >= 0.3 is 0 Å². The van der Waals surface area contributed by atoms with Crippen LogP contribution in [-0.2, 0) is 13.1 Å². The predicted molar refractivity (Wildman–Crippen MR) is 145 cm³/mol. The maximum atomic E-state index is 13.0. The van der Waals surface area contributed by atoms with E-state index >= 15 is 0 Å². The van der Waals surface area contributed by atoms with E-state index in [2.05, 4.69) is 9.88 Å². The average molecular weight is 520 g/mol. The number of fused-ring (bicyclic) bond motifs is 1. The van der Waals surface area contributed by atoms with E-state index in [0.29, 0.717) is 29.4 Å². The zero-order valence-corrected chi connectivity index (χ0v) is 22.2. The van der Waals surface area contributed by atoms with Crippen molar-refractivity contribution < 1.29 is 28.5 Å². The van der Waals surface area contributed by atoms with E-state index in [-0.39, 0.29) is 12.5 Å². The molecule has 0 radical (unpaired) electrons. The molecule has 38 heavy (non-hydrogen) atoms. The summed E-state index contributed by atoms with van der Waals surface area (Å²) in [6.45, 7) is 1.58. The fourth-order valence-corrected chi connectivity index (χ4v) is 4.28. The molecule has 1 amide bonds. The van der Waals surface area contributed by atoms with Crippen LogP contribution in [0.4, 0.5) is 0 Å². The molecular weight excluding hydrogens is 486 g/mol. The highest BCUT2D eigenvalue weighted by atomic mass is 16.5. The highest BCUT2D eigenvalue weighted by molar-refractivity contribution is 5.95. The van der Waals surface area contributed by atoms with Gasteiger partial charge in [0.05, 0.1) is 52.6 Å². The van der Waals surface area contributed by atoms with Crippen molar-refractivity contribution in [2.45, 2.75) is 25.9 Å². The highest BCUT2D eigenvalue weighted by Crippen LogP contribution is 2.38. The monoisotopic (exact) mass is 519 g/mol. The van der Waals surface area contributed by atoms with Gasteiger partial charge in [-0.25, -0.2) is 4.98 Å². The standard InChI is InChI=1S/C29H33N3O6/c1-34-23-13-7-8-14-24(23)38-16-10-9-15-32-22-12-6-5-11-21(22)31-27(32)19-30-29(33)20-17-25(35-2)28(37-4)26(18-20)36-3/h5-8,11-14,17-18H,9-10,15-16,19H2,1-4H3,(H,30,33). The topological polar surface area (TPSA) is 93.1 Å². The maximum Gasteiger partial charge on any atom is 0.251 e. The number of methoxy groups -OCH3 is 4. The molecule has 0 saturated carbocycles. The Hall–Kier alpha value is -4.40. The SMILES string of the molecule is COc1ccccc1OCCCCn1c(CNC(=O)c2cc(OC)c(OC)c(OC)c2)nc2ccccc21. The number of hydrogen-bond donors (Lipinski definition) is 1. The number of imidazole rings is 1. The minimum atomic E-state index is -0.270. The third-order valence-corrected chi connectivity index (χ3v) is 6.17. The van der Waals surface area contributed by atoms with Gasteiger partial charge in [0, 0.05) is 12.1 Å². The Kier molecular flexibility index (Phi) is 8.92. The Bertz CT molecular complexity index is 1360. The molecule has 0 atom stereocenters. The molecule has 9 nitrogen and oxygen atoms in total. The number of ether oxygens (including phenoxy) is 5. The molecule has 0 aliphatic carbocycles. The zero-order valence-electron chi connectivity index (χ0n) is 22.2. The molecule has 9 heteroatoms. The van der Waals surface area contributed by atoms with Crippen LogP contribution in [0.2, 0.25) is 0 Å². The van der Waals surface area contributed by atoms with Crippen LogP contribution >= 0.6 is 0 Å². The van der Waals surface area contributed by atoms with Crippen LogP contribution in [0.1, 0.15) is 29.0 Å². The first-order valence-corrected chi connectivity index (χ1v) is 12.4. The summed E-state index contributed by atoms with van der Waals surface area (Å²) in [6, 6.07) is 18.8. The lowest BCUT2D eigenvalue weighted by Crippen LogP contribution is -2.25. The summed E-state index contributed by atoms with van der Waals surface area (Å²) in [4.78, 5) is 17.8. The molecular formula is C29H33N3O6. The van der Waals surface area contributed by atoms with E-state index in [1.807, 2.05) is 48.5 Å². The van der Waals surface area contributed by atoms with Gasteiger partial charge in [-0.3, -0.25) is 4.79 Å². The number of carbonyl (C=O) groups excluding carboxylic acids is 1. The van der Waals surface area contributed by atoms with Crippen LogP contribution in [0.5, 0.6) is 28.7 Å². The molecule has 4 aromatic rings. The van der Waals surface area contributed by atoms with Crippen LogP contribution in [-0.4, -0.2) is 50.5 Å². The second kappa shape index (κ2) is 12.7. The van der Waals surface area contributed by atoms with Gasteiger partial charge in [-0.1, -0.05) is 24.3 Å². The van der Waals surface area contributed by atoms with Gasteiger partial charge in [0.25, 0.3) is 5.91 Å². The van der Waals surface area contributed by atoms with Crippen LogP contribution in [0.15, 0.2) is 60.7 Å². The van der Waals surface area contributed by atoms with Crippen molar-refractivity contribution in [1.82, 2.24) is 14.9 Å². The molecule has 0 saturated heterocycles. The first-order chi connectivity index (χ1) is 18.6. The summed E-state index contributed by atoms with van der Waals surface area (Å²) in [5.41, 5.74) is 2.31. The Labute approximate surface area is 222 Å². The third kappa shape index (κ3) is 5.94. The van der Waals surface area contributed by atoms with Crippen molar-refractivity contribution >= 4 is 16.9 Å². The summed E-state index contributed by atoms with van der Waals surface area (Å²) in [5.74, 6) is 3.23. The number of rotatable bonds is 13. The number of nitrogens with one attached hydrogen (secondary N) is 1. The summed E-state index contributed by atoms with van der Waals surface area (Å²) in [6.07, 6.45) is 1.73. The van der Waals surface area contributed by atoms with E-state index in [1.54, 1.807) is 19.2 Å². The van der Waals surface area contributed by atoms with Crippen molar-refractivity contribution in [2.75, 3.05) is 35.0 Å². The van der Waals surface area contributed by atoms with Gasteiger partial charge in [-0.2, -0.15) is 0 Å². The van der Waals surface area contributed by atoms with Crippen LogP contribution in [0.3, 0.4) is 0 Å². The smallest absolute Gasteiger partial charge is 0.251 e. The van der Waals surface area contributed by atoms with Crippen LogP contribution in [0, 0.1) is 0 Å². The number of aromatic nitrogens is 2. The minimum Gasteiger partial charge on any atom is -0.493 e.